The Balaban J connectivity index is 2.88. The van der Waals surface area contributed by atoms with Gasteiger partial charge in [0.25, 0.3) is 0 Å². The summed E-state index contributed by atoms with van der Waals surface area (Å²) < 4.78 is 5.30. The summed E-state index contributed by atoms with van der Waals surface area (Å²) >= 11 is 6.15. The molecule has 4 heteroatoms. The Bertz CT molecular complexity index is 321. The zero-order valence-electron chi connectivity index (χ0n) is 11.5. The lowest BCUT2D eigenvalue weighted by Gasteiger charge is -2.28. The molecule has 0 aromatic heterocycles. The summed E-state index contributed by atoms with van der Waals surface area (Å²) in [6.07, 6.45) is 1.11. The van der Waals surface area contributed by atoms with Gasteiger partial charge in [0, 0.05) is 42.9 Å². The molecular weight excluding hydrogens is 236 g/mol. The summed E-state index contributed by atoms with van der Waals surface area (Å²) in [6, 6.07) is 0.171. The SMILES string of the molecule is COC(C)[C@@H](C)N=C1CCN(C)C/C1=C(/C)Cl. The number of methoxy groups -OCH3 is 1. The number of likely N-dealkylation sites (tertiary alicyclic amines) is 1. The number of piperidine rings is 1. The first-order valence-electron chi connectivity index (χ1n) is 6.09. The minimum Gasteiger partial charge on any atom is -0.380 e. The maximum Gasteiger partial charge on any atom is 0.0763 e. The van der Waals surface area contributed by atoms with Crippen LogP contribution in [0.5, 0.6) is 0 Å². The van der Waals surface area contributed by atoms with Crippen LogP contribution in [0.25, 0.3) is 0 Å². The molecule has 0 radical (unpaired) electrons. The predicted octanol–water partition coefficient (Wildman–Crippen LogP) is 2.70. The topological polar surface area (TPSA) is 24.8 Å². The second-order valence-electron chi connectivity index (χ2n) is 4.76. The summed E-state index contributed by atoms with van der Waals surface area (Å²) in [7, 11) is 3.83. The molecule has 0 aromatic carbocycles. The fourth-order valence-electron chi connectivity index (χ4n) is 1.89. The number of halogens is 1. The molecule has 1 saturated heterocycles. The molecule has 0 bridgehead atoms. The van der Waals surface area contributed by atoms with Crippen LogP contribution < -0.4 is 0 Å². The van der Waals surface area contributed by atoms with Crippen LogP contribution in [-0.4, -0.2) is 50.0 Å². The Hall–Kier alpha value is -0.380. The van der Waals surface area contributed by atoms with Crippen LogP contribution in [0.4, 0.5) is 0 Å². The third-order valence-electron chi connectivity index (χ3n) is 3.33. The van der Waals surface area contributed by atoms with Gasteiger partial charge in [-0.25, -0.2) is 0 Å². The van der Waals surface area contributed by atoms with Gasteiger partial charge < -0.3 is 9.64 Å². The lowest BCUT2D eigenvalue weighted by atomic mass is 10.0. The highest BCUT2D eigenvalue weighted by Crippen LogP contribution is 2.20. The van der Waals surface area contributed by atoms with E-state index in [-0.39, 0.29) is 12.1 Å². The van der Waals surface area contributed by atoms with Gasteiger partial charge in [-0.15, -0.1) is 0 Å². The number of hydrogen-bond acceptors (Lipinski definition) is 3. The highest BCUT2D eigenvalue weighted by molar-refractivity contribution is 6.32. The van der Waals surface area contributed by atoms with Gasteiger partial charge in [0.15, 0.2) is 0 Å². The molecule has 17 heavy (non-hydrogen) atoms. The van der Waals surface area contributed by atoms with Crippen molar-refractivity contribution in [3.05, 3.63) is 10.6 Å². The van der Waals surface area contributed by atoms with Gasteiger partial charge in [-0.2, -0.15) is 0 Å². The summed E-state index contributed by atoms with van der Waals surface area (Å²) in [5, 5.41) is 0.854. The van der Waals surface area contributed by atoms with E-state index < -0.39 is 0 Å². The number of aliphatic imine (C=N–C) groups is 1. The molecule has 0 amide bonds. The third kappa shape index (κ3) is 4.09. The summed E-state index contributed by atoms with van der Waals surface area (Å²) in [5.74, 6) is 0. The lowest BCUT2D eigenvalue weighted by Crippen LogP contribution is -2.34. The standard InChI is InChI=1S/C13H23ClN2O/c1-9(14)12-8-16(4)7-6-13(12)15-10(2)11(3)17-5/h10-11H,6-8H2,1-5H3/b12-9+,15-13?/t10-,11?/m1/s1. The largest absolute Gasteiger partial charge is 0.380 e. The molecule has 1 heterocycles. The van der Waals surface area contributed by atoms with E-state index in [1.54, 1.807) is 7.11 Å². The number of rotatable bonds is 3. The molecular formula is C13H23ClN2O. The number of nitrogens with zero attached hydrogens (tertiary/aromatic N) is 2. The van der Waals surface area contributed by atoms with Gasteiger partial charge in [-0.3, -0.25) is 4.99 Å². The molecule has 0 saturated carbocycles. The highest BCUT2D eigenvalue weighted by Gasteiger charge is 2.20. The van der Waals surface area contributed by atoms with Gasteiger partial charge in [-0.1, -0.05) is 11.6 Å². The predicted molar refractivity (Wildman–Crippen MR) is 74.0 cm³/mol. The number of ether oxygens (including phenoxy) is 1. The Kier molecular flexibility index (Phi) is 5.63. The zero-order valence-corrected chi connectivity index (χ0v) is 12.2. The van der Waals surface area contributed by atoms with Gasteiger partial charge in [0.1, 0.15) is 0 Å². The molecule has 1 unspecified atom stereocenters. The normalized spacial score (nSPS) is 27.1. The van der Waals surface area contributed by atoms with Crippen molar-refractivity contribution in [2.75, 3.05) is 27.2 Å². The van der Waals surface area contributed by atoms with Crippen molar-refractivity contribution in [2.45, 2.75) is 39.3 Å². The molecule has 3 nitrogen and oxygen atoms in total. The molecule has 0 N–H and O–H groups in total. The van der Waals surface area contributed by atoms with E-state index in [4.69, 9.17) is 21.3 Å². The van der Waals surface area contributed by atoms with Crippen molar-refractivity contribution in [3.63, 3.8) is 0 Å². The van der Waals surface area contributed by atoms with Crippen LogP contribution in [-0.2, 0) is 4.74 Å². The number of allylic oxidation sites excluding steroid dienone is 1. The maximum absolute atomic E-state index is 6.15. The Labute approximate surface area is 109 Å². The number of likely N-dealkylation sites (N-methyl/N-ethyl adjacent to an activating group) is 1. The average Bonchev–Trinajstić information content (AvgIpc) is 2.29. The first-order chi connectivity index (χ1) is 7.95. The van der Waals surface area contributed by atoms with Crippen molar-refractivity contribution in [2.24, 2.45) is 4.99 Å². The van der Waals surface area contributed by atoms with E-state index in [1.807, 2.05) is 13.8 Å². The van der Waals surface area contributed by atoms with E-state index in [2.05, 4.69) is 18.9 Å². The highest BCUT2D eigenvalue weighted by atomic mass is 35.5. The van der Waals surface area contributed by atoms with E-state index >= 15 is 0 Å². The van der Waals surface area contributed by atoms with Crippen molar-refractivity contribution in [1.82, 2.24) is 4.90 Å². The first kappa shape index (κ1) is 14.7. The lowest BCUT2D eigenvalue weighted by molar-refractivity contribution is 0.101. The fraction of sp³-hybridized carbons (Fsp3) is 0.769. The van der Waals surface area contributed by atoms with Gasteiger partial charge in [-0.05, 0) is 27.8 Å². The molecule has 1 aliphatic rings. The van der Waals surface area contributed by atoms with E-state index in [9.17, 15) is 0 Å². The van der Waals surface area contributed by atoms with Crippen molar-refractivity contribution < 1.29 is 4.74 Å². The fourth-order valence-corrected chi connectivity index (χ4v) is 2.05. The monoisotopic (exact) mass is 258 g/mol. The van der Waals surface area contributed by atoms with Crippen LogP contribution in [0.2, 0.25) is 0 Å². The average molecular weight is 259 g/mol. The quantitative estimate of drug-likeness (QED) is 0.778. The summed E-state index contributed by atoms with van der Waals surface area (Å²) in [4.78, 5) is 7.04. The van der Waals surface area contributed by atoms with Gasteiger partial charge in [0.2, 0.25) is 0 Å². The van der Waals surface area contributed by atoms with Gasteiger partial charge in [0.05, 0.1) is 12.1 Å². The second-order valence-corrected chi connectivity index (χ2v) is 5.32. The van der Waals surface area contributed by atoms with Crippen LogP contribution in [0.1, 0.15) is 27.2 Å². The molecule has 1 fully saturated rings. The molecule has 2 atom stereocenters. The molecule has 0 aromatic rings. The Morgan fingerprint density at radius 2 is 2.12 bits per heavy atom. The Morgan fingerprint density at radius 3 is 2.65 bits per heavy atom. The first-order valence-corrected chi connectivity index (χ1v) is 6.47. The van der Waals surface area contributed by atoms with Crippen LogP contribution in [0, 0.1) is 0 Å². The zero-order chi connectivity index (χ0) is 13.0. The van der Waals surface area contributed by atoms with E-state index in [1.165, 1.54) is 5.57 Å². The second kappa shape index (κ2) is 6.53. The van der Waals surface area contributed by atoms with Crippen molar-refractivity contribution in [3.8, 4) is 0 Å². The molecule has 0 aliphatic carbocycles. The van der Waals surface area contributed by atoms with Crippen molar-refractivity contribution >= 4 is 17.3 Å². The molecule has 98 valence electrons. The minimum atomic E-state index is 0.138. The number of hydrogen-bond donors (Lipinski definition) is 0. The Morgan fingerprint density at radius 1 is 1.47 bits per heavy atom. The van der Waals surface area contributed by atoms with Gasteiger partial charge >= 0.3 is 0 Å². The van der Waals surface area contributed by atoms with E-state index in [0.29, 0.717) is 0 Å². The van der Waals surface area contributed by atoms with Crippen LogP contribution >= 0.6 is 11.6 Å². The third-order valence-corrected chi connectivity index (χ3v) is 3.56. The van der Waals surface area contributed by atoms with Crippen molar-refractivity contribution in [1.29, 1.82) is 0 Å². The molecule has 1 rings (SSSR count). The summed E-state index contributed by atoms with van der Waals surface area (Å²) in [5.41, 5.74) is 2.32. The van der Waals surface area contributed by atoms with Crippen LogP contribution in [0.15, 0.2) is 15.6 Å². The smallest absolute Gasteiger partial charge is 0.0763 e. The molecule has 1 aliphatic heterocycles. The summed E-state index contributed by atoms with van der Waals surface area (Å²) in [6.45, 7) is 8.00. The van der Waals surface area contributed by atoms with E-state index in [0.717, 1.165) is 30.3 Å². The maximum atomic E-state index is 6.15. The molecule has 0 spiro atoms. The minimum absolute atomic E-state index is 0.138. The van der Waals surface area contributed by atoms with Crippen LogP contribution in [0.3, 0.4) is 0 Å².